The van der Waals surface area contributed by atoms with E-state index >= 15 is 0 Å². The average molecular weight is 364 g/mol. The Balaban J connectivity index is 2.01. The molecule has 1 aliphatic rings. The quantitative estimate of drug-likeness (QED) is 0.512. The summed E-state index contributed by atoms with van der Waals surface area (Å²) in [7, 11) is 0. The van der Waals surface area contributed by atoms with Crippen LogP contribution in [0.5, 0.6) is 0 Å². The second kappa shape index (κ2) is 5.55. The minimum absolute atomic E-state index is 0.585. The molecule has 116 valence electrons. The number of rotatable bonds is 1. The lowest BCUT2D eigenvalue weighted by molar-refractivity contribution is 0.989. The zero-order valence-electron chi connectivity index (χ0n) is 12.4. The molecular formula is C18H13Cl3N2. The van der Waals surface area contributed by atoms with E-state index in [2.05, 4.69) is 4.90 Å². The molecule has 0 fully saturated rings. The number of aromatic nitrogens is 1. The minimum atomic E-state index is 0.585. The Morgan fingerprint density at radius 2 is 1.74 bits per heavy atom. The number of aryl methyl sites for hydroxylation is 1. The number of benzene rings is 2. The molecule has 0 unspecified atom stereocenters. The zero-order valence-corrected chi connectivity index (χ0v) is 14.7. The van der Waals surface area contributed by atoms with Crippen molar-refractivity contribution in [2.45, 2.75) is 13.3 Å². The molecule has 0 bridgehead atoms. The van der Waals surface area contributed by atoms with Gasteiger partial charge in [0.15, 0.2) is 0 Å². The van der Waals surface area contributed by atoms with Gasteiger partial charge in [-0.15, -0.1) is 0 Å². The number of nitrogens with zero attached hydrogens (tertiary/aromatic N) is 2. The molecule has 0 aliphatic carbocycles. The fraction of sp³-hybridized carbons (Fsp3) is 0.167. The Labute approximate surface area is 149 Å². The third-order valence-corrected chi connectivity index (χ3v) is 5.04. The van der Waals surface area contributed by atoms with Crippen molar-refractivity contribution >= 4 is 57.1 Å². The van der Waals surface area contributed by atoms with E-state index in [0.29, 0.717) is 10.0 Å². The van der Waals surface area contributed by atoms with Gasteiger partial charge >= 0.3 is 0 Å². The molecule has 0 amide bonds. The highest BCUT2D eigenvalue weighted by atomic mass is 35.5. The van der Waals surface area contributed by atoms with Gasteiger partial charge in [0.1, 0.15) is 0 Å². The Morgan fingerprint density at radius 1 is 1.00 bits per heavy atom. The molecule has 23 heavy (non-hydrogen) atoms. The molecule has 5 heteroatoms. The second-order valence-corrected chi connectivity index (χ2v) is 6.97. The third-order valence-electron chi connectivity index (χ3n) is 4.28. The van der Waals surface area contributed by atoms with Crippen LogP contribution >= 0.6 is 34.8 Å². The van der Waals surface area contributed by atoms with Crippen LogP contribution < -0.4 is 4.90 Å². The van der Waals surface area contributed by atoms with Crippen LogP contribution in [0.25, 0.3) is 10.9 Å². The van der Waals surface area contributed by atoms with Crippen LogP contribution in [0.1, 0.15) is 11.3 Å². The van der Waals surface area contributed by atoms with Crippen LogP contribution in [0.3, 0.4) is 0 Å². The molecular weight excluding hydrogens is 351 g/mol. The van der Waals surface area contributed by atoms with E-state index < -0.39 is 0 Å². The van der Waals surface area contributed by atoms with Crippen molar-refractivity contribution in [3.05, 3.63) is 62.7 Å². The molecule has 0 saturated carbocycles. The van der Waals surface area contributed by atoms with Gasteiger partial charge in [0.25, 0.3) is 0 Å². The second-order valence-electron chi connectivity index (χ2n) is 5.69. The van der Waals surface area contributed by atoms with Crippen molar-refractivity contribution in [2.24, 2.45) is 0 Å². The lowest BCUT2D eigenvalue weighted by Gasteiger charge is -2.22. The Morgan fingerprint density at radius 3 is 2.48 bits per heavy atom. The molecule has 4 rings (SSSR count). The lowest BCUT2D eigenvalue weighted by atomic mass is 10.1. The number of anilines is 2. The van der Waals surface area contributed by atoms with E-state index in [-0.39, 0.29) is 0 Å². The van der Waals surface area contributed by atoms with Crippen molar-refractivity contribution in [1.82, 2.24) is 4.98 Å². The van der Waals surface area contributed by atoms with E-state index in [4.69, 9.17) is 39.8 Å². The maximum Gasteiger partial charge on any atom is 0.0913 e. The van der Waals surface area contributed by atoms with Crippen molar-refractivity contribution in [3.63, 3.8) is 0 Å². The molecule has 2 heterocycles. The number of hydrogen-bond acceptors (Lipinski definition) is 2. The van der Waals surface area contributed by atoms with E-state index in [1.165, 1.54) is 5.56 Å². The third kappa shape index (κ3) is 2.46. The highest BCUT2D eigenvalue weighted by molar-refractivity contribution is 6.38. The monoisotopic (exact) mass is 362 g/mol. The van der Waals surface area contributed by atoms with E-state index in [1.807, 2.05) is 37.3 Å². The van der Waals surface area contributed by atoms with E-state index in [1.54, 1.807) is 6.07 Å². The van der Waals surface area contributed by atoms with Crippen LogP contribution in [0.4, 0.5) is 11.4 Å². The SMILES string of the molecule is Cc1nc2c(Cl)cc(Cl)cc2c2c1CCN2c1ccc(Cl)cc1. The molecule has 1 aliphatic heterocycles. The van der Waals surface area contributed by atoms with E-state index in [0.717, 1.165) is 46.0 Å². The summed E-state index contributed by atoms with van der Waals surface area (Å²) >= 11 is 18.6. The Hall–Kier alpha value is -1.48. The van der Waals surface area contributed by atoms with Gasteiger partial charge < -0.3 is 4.90 Å². The first kappa shape index (κ1) is 15.1. The van der Waals surface area contributed by atoms with Crippen molar-refractivity contribution in [2.75, 3.05) is 11.4 Å². The van der Waals surface area contributed by atoms with Gasteiger partial charge in [0.2, 0.25) is 0 Å². The summed E-state index contributed by atoms with van der Waals surface area (Å²) < 4.78 is 0. The maximum absolute atomic E-state index is 6.37. The highest BCUT2D eigenvalue weighted by Gasteiger charge is 2.26. The summed E-state index contributed by atoms with van der Waals surface area (Å²) in [6, 6.07) is 11.6. The first-order valence-electron chi connectivity index (χ1n) is 7.36. The Bertz CT molecular complexity index is 920. The first-order chi connectivity index (χ1) is 11.0. The summed E-state index contributed by atoms with van der Waals surface area (Å²) in [6.07, 6.45) is 0.955. The standard InChI is InChI=1S/C18H13Cl3N2/c1-10-14-6-7-23(13-4-2-11(19)3-5-13)18(14)15-8-12(20)9-16(21)17(15)22-10/h2-5,8-9H,6-7H2,1H3. The zero-order chi connectivity index (χ0) is 16.1. The summed E-state index contributed by atoms with van der Waals surface area (Å²) in [4.78, 5) is 6.98. The minimum Gasteiger partial charge on any atom is -0.340 e. The van der Waals surface area contributed by atoms with Crippen molar-refractivity contribution in [3.8, 4) is 0 Å². The fourth-order valence-corrected chi connectivity index (χ4v) is 3.91. The van der Waals surface area contributed by atoms with Crippen molar-refractivity contribution in [1.29, 1.82) is 0 Å². The van der Waals surface area contributed by atoms with Gasteiger partial charge in [-0.25, -0.2) is 0 Å². The molecule has 3 aromatic rings. The predicted octanol–water partition coefficient (Wildman–Crippen LogP) is 6.20. The van der Waals surface area contributed by atoms with Crippen LogP contribution in [-0.4, -0.2) is 11.5 Å². The number of halogens is 3. The normalized spacial score (nSPS) is 13.7. The molecule has 0 spiro atoms. The summed E-state index contributed by atoms with van der Waals surface area (Å²) in [5.41, 5.74) is 5.34. The predicted molar refractivity (Wildman–Crippen MR) is 98.7 cm³/mol. The van der Waals surface area contributed by atoms with Crippen molar-refractivity contribution < 1.29 is 0 Å². The van der Waals surface area contributed by atoms with Gasteiger partial charge in [0.05, 0.1) is 16.2 Å². The van der Waals surface area contributed by atoms with Crippen LogP contribution in [0.15, 0.2) is 36.4 Å². The Kier molecular flexibility index (Phi) is 3.64. The summed E-state index contributed by atoms with van der Waals surface area (Å²) in [5.74, 6) is 0. The number of pyridine rings is 1. The first-order valence-corrected chi connectivity index (χ1v) is 8.49. The topological polar surface area (TPSA) is 16.1 Å². The van der Waals surface area contributed by atoms with Crippen LogP contribution in [-0.2, 0) is 6.42 Å². The molecule has 0 atom stereocenters. The highest BCUT2D eigenvalue weighted by Crippen LogP contribution is 2.43. The molecule has 0 radical (unpaired) electrons. The largest absolute Gasteiger partial charge is 0.340 e. The van der Waals surface area contributed by atoms with Gasteiger partial charge in [-0.1, -0.05) is 34.8 Å². The maximum atomic E-state index is 6.37. The molecule has 2 nitrogen and oxygen atoms in total. The van der Waals surface area contributed by atoms with E-state index in [9.17, 15) is 0 Å². The fourth-order valence-electron chi connectivity index (χ4n) is 3.25. The smallest absolute Gasteiger partial charge is 0.0913 e. The number of hydrogen-bond donors (Lipinski definition) is 0. The van der Waals surface area contributed by atoms with Crippen LogP contribution in [0, 0.1) is 6.92 Å². The van der Waals surface area contributed by atoms with Gasteiger partial charge in [-0.05, 0) is 55.3 Å². The molecule has 0 saturated heterocycles. The molecule has 1 aromatic heterocycles. The molecule has 2 aromatic carbocycles. The molecule has 0 N–H and O–H groups in total. The van der Waals surface area contributed by atoms with Gasteiger partial charge in [-0.2, -0.15) is 0 Å². The summed E-state index contributed by atoms with van der Waals surface area (Å²) in [6.45, 7) is 2.94. The van der Waals surface area contributed by atoms with Crippen LogP contribution in [0.2, 0.25) is 15.1 Å². The average Bonchev–Trinajstić information content (AvgIpc) is 2.95. The van der Waals surface area contributed by atoms with Gasteiger partial charge in [-0.3, -0.25) is 4.98 Å². The summed E-state index contributed by atoms with van der Waals surface area (Å²) in [5, 5.41) is 2.94. The van der Waals surface area contributed by atoms with Gasteiger partial charge in [0, 0.05) is 33.4 Å². The lowest BCUT2D eigenvalue weighted by Crippen LogP contribution is -2.13. The number of fused-ring (bicyclic) bond motifs is 3.